The zero-order chi connectivity index (χ0) is 80.0. The molecule has 5 aromatic rings. The SMILES string of the molecule is N=C(N)Nc1ccc(C(=O)NCC(=O)OCCOCC(COCC(COCC(OCCOC(=O)CNC(=O)c2ccc(NC(=N)N)cc2)OCCOC(=O)CNC(=O)c2ccc(NC(=N)N)cc2)OCCOC(=O)CNC(=O)c2ccc(NC(=N)N)cc2)OCCOC(=O)CNC(=O)c2ccc(NC(=N)N)cc2)cc1. The van der Waals surface area contributed by atoms with Crippen molar-refractivity contribution in [1.82, 2.24) is 26.6 Å². The first-order chi connectivity index (χ1) is 52.8. The van der Waals surface area contributed by atoms with Crippen LogP contribution >= 0.6 is 0 Å². The number of guanidine groups is 5. The smallest absolute Gasteiger partial charge is 0.325 e. The standard InChI is InChI=1S/C68H88N20O22/c69-64(70)84-46-11-1-41(2-12-46)59(94)79-31-53(89)104-22-21-99-36-51(102-23-25-105-54(90)32-80-60(95)42-3-13-47(14-4-42)85-65(71)72)37-100-38-52(103-24-26-106-55(91)33-81-61(96)43-5-15-48(16-6-43)86-66(73)74)39-101-40-58(109-29-27-107-56(92)34-82-62(97)44-7-17-49(18-8-44)87-67(75)76)110-30-28-108-57(93)35-83-63(98)45-9-19-50(20-10-45)88-68(77)78/h1-20,51-52,58H,21-40H2,(H,79,94)(H,80,95)(H,81,96)(H,82,97)(H,83,98)(H4,69,70,84)(H4,71,72,85)(H4,73,74,86)(H4,75,76,87)(H4,77,78,88). The molecule has 0 fully saturated rings. The Bertz CT molecular complexity index is 3800. The van der Waals surface area contributed by atoms with Crippen LogP contribution in [0.25, 0.3) is 0 Å². The Morgan fingerprint density at radius 3 is 0.691 bits per heavy atom. The van der Waals surface area contributed by atoms with Crippen molar-refractivity contribution in [3.63, 3.8) is 0 Å². The van der Waals surface area contributed by atoms with E-state index >= 15 is 0 Å². The summed E-state index contributed by atoms with van der Waals surface area (Å²) in [6, 6.07) is 29.5. The van der Waals surface area contributed by atoms with Gasteiger partial charge >= 0.3 is 29.8 Å². The summed E-state index contributed by atoms with van der Waals surface area (Å²) in [7, 11) is 0. The number of carbonyl (C=O) groups excluding carboxylic acids is 10. The molecular weight excluding hydrogens is 1450 g/mol. The van der Waals surface area contributed by atoms with E-state index in [-0.39, 0.29) is 157 Å². The van der Waals surface area contributed by atoms with Crippen molar-refractivity contribution >= 4 is 118 Å². The third kappa shape index (κ3) is 37.2. The molecule has 592 valence electrons. The quantitative estimate of drug-likeness (QED) is 0.00529. The summed E-state index contributed by atoms with van der Waals surface area (Å²) in [4.78, 5) is 127. The maximum Gasteiger partial charge on any atom is 0.325 e. The van der Waals surface area contributed by atoms with E-state index in [9.17, 15) is 47.9 Å². The minimum Gasteiger partial charge on any atom is -0.462 e. The minimum absolute atomic E-state index is 0.186. The van der Waals surface area contributed by atoms with Gasteiger partial charge in [0.2, 0.25) is 0 Å². The number of esters is 5. The van der Waals surface area contributed by atoms with Gasteiger partial charge in [-0.2, -0.15) is 0 Å². The largest absolute Gasteiger partial charge is 0.462 e. The van der Waals surface area contributed by atoms with Gasteiger partial charge in [-0.05, 0) is 121 Å². The van der Waals surface area contributed by atoms with Gasteiger partial charge in [-0.3, -0.25) is 75.0 Å². The number of hydrogen-bond donors (Lipinski definition) is 20. The molecule has 42 heteroatoms. The van der Waals surface area contributed by atoms with Gasteiger partial charge in [-0.25, -0.2) is 0 Å². The highest BCUT2D eigenvalue weighted by Crippen LogP contribution is 2.15. The number of ether oxygens (including phenoxy) is 12. The van der Waals surface area contributed by atoms with E-state index in [1.807, 2.05) is 0 Å². The summed E-state index contributed by atoms with van der Waals surface area (Å²) in [5.74, 6) is -8.72. The van der Waals surface area contributed by atoms with E-state index in [2.05, 4.69) is 53.2 Å². The highest BCUT2D eigenvalue weighted by atomic mass is 16.7. The van der Waals surface area contributed by atoms with Crippen LogP contribution in [0.3, 0.4) is 0 Å². The van der Waals surface area contributed by atoms with Gasteiger partial charge in [0.15, 0.2) is 36.1 Å². The summed E-state index contributed by atoms with van der Waals surface area (Å²) >= 11 is 0. The second-order valence-electron chi connectivity index (χ2n) is 22.4. The van der Waals surface area contributed by atoms with Crippen LogP contribution in [-0.2, 0) is 80.8 Å². The molecule has 0 heterocycles. The van der Waals surface area contributed by atoms with Crippen molar-refractivity contribution in [2.24, 2.45) is 28.7 Å². The lowest BCUT2D eigenvalue weighted by molar-refractivity contribution is -0.193. The van der Waals surface area contributed by atoms with Gasteiger partial charge in [-0.1, -0.05) is 0 Å². The number of benzene rings is 5. The van der Waals surface area contributed by atoms with E-state index in [0.29, 0.717) is 28.4 Å². The fourth-order valence-electron chi connectivity index (χ4n) is 8.73. The Morgan fingerprint density at radius 2 is 0.464 bits per heavy atom. The molecule has 0 saturated carbocycles. The van der Waals surface area contributed by atoms with E-state index in [0.717, 1.165) is 0 Å². The highest BCUT2D eigenvalue weighted by Gasteiger charge is 2.21. The van der Waals surface area contributed by atoms with Crippen LogP contribution in [-0.4, -0.2) is 240 Å². The normalized spacial score (nSPS) is 11.4. The second-order valence-corrected chi connectivity index (χ2v) is 22.4. The third-order valence-electron chi connectivity index (χ3n) is 13.8. The predicted molar refractivity (Wildman–Crippen MR) is 394 cm³/mol. The average Bonchev–Trinajstić information content (AvgIpc) is 0.903. The summed E-state index contributed by atoms with van der Waals surface area (Å²) in [5, 5.41) is 62.0. The summed E-state index contributed by atoms with van der Waals surface area (Å²) in [6.07, 6.45) is -3.24. The Morgan fingerprint density at radius 1 is 0.264 bits per heavy atom. The van der Waals surface area contributed by atoms with Gasteiger partial charge in [-0.15, -0.1) is 0 Å². The lowest BCUT2D eigenvalue weighted by Gasteiger charge is -2.23. The van der Waals surface area contributed by atoms with Crippen LogP contribution in [0.15, 0.2) is 121 Å². The molecule has 0 aromatic heterocycles. The molecule has 110 heavy (non-hydrogen) atoms. The Kier molecular flexibility index (Phi) is 38.9. The number of hydrogen-bond acceptors (Lipinski definition) is 27. The molecule has 2 unspecified atom stereocenters. The van der Waals surface area contributed by atoms with Gasteiger partial charge in [0.05, 0.1) is 66.1 Å². The molecule has 25 N–H and O–H groups in total. The first kappa shape index (κ1) is 87.5. The van der Waals surface area contributed by atoms with E-state index in [1.54, 1.807) is 0 Å². The number of anilines is 5. The van der Waals surface area contributed by atoms with Gasteiger partial charge in [0.25, 0.3) is 29.5 Å². The zero-order valence-electron chi connectivity index (χ0n) is 59.3. The second kappa shape index (κ2) is 48.9. The Hall–Kier alpha value is -13.1. The van der Waals surface area contributed by atoms with E-state index in [1.165, 1.54) is 121 Å². The van der Waals surface area contributed by atoms with Crippen LogP contribution in [0.1, 0.15) is 51.8 Å². The number of rotatable bonds is 49. The van der Waals surface area contributed by atoms with Crippen LogP contribution in [0.4, 0.5) is 28.4 Å². The van der Waals surface area contributed by atoms with Crippen molar-refractivity contribution in [3.05, 3.63) is 149 Å². The van der Waals surface area contributed by atoms with Gasteiger partial charge in [0.1, 0.15) is 78.0 Å². The number of amides is 5. The lowest BCUT2D eigenvalue weighted by atomic mass is 10.2. The summed E-state index contributed by atoms with van der Waals surface area (Å²) < 4.78 is 67.9. The fraction of sp³-hybridized carbons (Fsp3) is 0.338. The van der Waals surface area contributed by atoms with Crippen molar-refractivity contribution in [2.45, 2.75) is 18.5 Å². The number of nitrogens with one attached hydrogen (secondary N) is 15. The molecule has 0 aliphatic carbocycles. The molecule has 0 bridgehead atoms. The third-order valence-corrected chi connectivity index (χ3v) is 13.8. The highest BCUT2D eigenvalue weighted by molar-refractivity contribution is 6.01. The van der Waals surface area contributed by atoms with Crippen molar-refractivity contribution in [1.29, 1.82) is 27.0 Å². The monoisotopic (exact) mass is 1540 g/mol. The molecule has 0 saturated heterocycles. The molecule has 5 amide bonds. The Labute approximate surface area is 628 Å². The fourth-order valence-corrected chi connectivity index (χ4v) is 8.73. The predicted octanol–water partition coefficient (Wildman–Crippen LogP) is -1.44. The number of carbonyl (C=O) groups is 10. The molecule has 42 nitrogen and oxygen atoms in total. The number of nitrogens with two attached hydrogens (primary N) is 5. The minimum atomic E-state index is -1.28. The molecule has 0 aliphatic rings. The van der Waals surface area contributed by atoms with Crippen LogP contribution in [0.5, 0.6) is 0 Å². The van der Waals surface area contributed by atoms with Crippen molar-refractivity contribution in [3.8, 4) is 0 Å². The first-order valence-corrected chi connectivity index (χ1v) is 33.2. The van der Waals surface area contributed by atoms with E-state index < -0.39 is 111 Å². The van der Waals surface area contributed by atoms with Crippen LogP contribution < -0.4 is 81.8 Å². The first-order valence-electron chi connectivity index (χ1n) is 33.2. The van der Waals surface area contributed by atoms with Gasteiger partial charge in [0, 0.05) is 56.3 Å². The summed E-state index contributed by atoms with van der Waals surface area (Å²) in [6.45, 7) is -7.10. The van der Waals surface area contributed by atoms with Crippen molar-refractivity contribution in [2.75, 3.05) is 158 Å². The maximum atomic E-state index is 12.8. The molecule has 5 aromatic carbocycles. The Balaban J connectivity index is 1.22. The molecule has 0 aliphatic heterocycles. The lowest BCUT2D eigenvalue weighted by Crippen LogP contribution is -2.35. The van der Waals surface area contributed by atoms with Crippen LogP contribution in [0, 0.1) is 27.0 Å². The van der Waals surface area contributed by atoms with Crippen molar-refractivity contribution < 1.29 is 105 Å². The van der Waals surface area contributed by atoms with Gasteiger partial charge < -0.3 is 139 Å². The molecular formula is C68H88N20O22. The molecule has 0 radical (unpaired) electrons. The van der Waals surface area contributed by atoms with E-state index in [4.69, 9.17) is 113 Å². The molecule has 0 spiro atoms. The zero-order valence-corrected chi connectivity index (χ0v) is 59.3. The topological polar surface area (TPSA) is 651 Å². The summed E-state index contributed by atoms with van der Waals surface area (Å²) in [5.41, 5.74) is 30.0. The average molecular weight is 1540 g/mol. The molecule has 5 rings (SSSR count). The van der Waals surface area contributed by atoms with Crippen LogP contribution in [0.2, 0.25) is 0 Å². The maximum absolute atomic E-state index is 12.8. The molecule has 2 atom stereocenters.